The highest BCUT2D eigenvalue weighted by atomic mass is 16.5. The predicted molar refractivity (Wildman–Crippen MR) is 72.1 cm³/mol. The Labute approximate surface area is 111 Å². The molecular weight excluding hydrogens is 244 g/mol. The summed E-state index contributed by atoms with van der Waals surface area (Å²) in [6.07, 6.45) is 0. The van der Waals surface area contributed by atoms with Crippen LogP contribution in [-0.4, -0.2) is 22.0 Å². The minimum Gasteiger partial charge on any atom is -0.496 e. The van der Waals surface area contributed by atoms with E-state index in [9.17, 15) is 9.90 Å². The van der Waals surface area contributed by atoms with Crippen molar-refractivity contribution in [2.24, 2.45) is 7.05 Å². The molecule has 0 aliphatic heterocycles. The van der Waals surface area contributed by atoms with Crippen LogP contribution < -0.4 is 10.3 Å². The summed E-state index contributed by atoms with van der Waals surface area (Å²) in [4.78, 5) is 11.7. The van der Waals surface area contributed by atoms with Crippen molar-refractivity contribution in [3.63, 3.8) is 0 Å². The molecule has 0 radical (unpaired) electrons. The SMILES string of the molecule is COc1ccc(C)cc1-c1cc(CO)c(=O)n(C)n1. The number of aliphatic hydroxyl groups excluding tert-OH is 1. The zero-order valence-corrected chi connectivity index (χ0v) is 11.2. The molecule has 1 aromatic carbocycles. The Bertz CT molecular complexity index is 662. The molecular formula is C14H16N2O3. The van der Waals surface area contributed by atoms with Gasteiger partial charge in [-0.3, -0.25) is 4.79 Å². The van der Waals surface area contributed by atoms with E-state index < -0.39 is 0 Å². The van der Waals surface area contributed by atoms with E-state index in [1.165, 1.54) is 4.68 Å². The number of methoxy groups -OCH3 is 1. The molecule has 0 aliphatic rings. The Kier molecular flexibility index (Phi) is 3.66. The molecule has 0 aliphatic carbocycles. The lowest BCUT2D eigenvalue weighted by Gasteiger charge is -2.11. The maximum atomic E-state index is 11.7. The Morgan fingerprint density at radius 2 is 2.11 bits per heavy atom. The third-order valence-corrected chi connectivity index (χ3v) is 2.94. The van der Waals surface area contributed by atoms with Crippen LogP contribution in [0.3, 0.4) is 0 Å². The first kappa shape index (κ1) is 13.3. The molecule has 2 aromatic rings. The quantitative estimate of drug-likeness (QED) is 0.902. The Morgan fingerprint density at radius 3 is 2.74 bits per heavy atom. The largest absolute Gasteiger partial charge is 0.496 e. The van der Waals surface area contributed by atoms with Crippen molar-refractivity contribution in [3.8, 4) is 17.0 Å². The fraction of sp³-hybridized carbons (Fsp3) is 0.286. The van der Waals surface area contributed by atoms with Gasteiger partial charge in [0.05, 0.1) is 19.4 Å². The molecule has 1 aromatic heterocycles. The van der Waals surface area contributed by atoms with Crippen molar-refractivity contribution >= 4 is 0 Å². The summed E-state index contributed by atoms with van der Waals surface area (Å²) in [6.45, 7) is 1.66. The van der Waals surface area contributed by atoms with Gasteiger partial charge in [-0.2, -0.15) is 5.10 Å². The summed E-state index contributed by atoms with van der Waals surface area (Å²) in [5, 5.41) is 13.4. The number of aromatic nitrogens is 2. The van der Waals surface area contributed by atoms with Crippen molar-refractivity contribution in [2.75, 3.05) is 7.11 Å². The fourth-order valence-corrected chi connectivity index (χ4v) is 1.94. The molecule has 0 amide bonds. The average molecular weight is 260 g/mol. The molecule has 19 heavy (non-hydrogen) atoms. The second kappa shape index (κ2) is 5.24. The van der Waals surface area contributed by atoms with E-state index in [0.29, 0.717) is 17.0 Å². The van der Waals surface area contributed by atoms with Gasteiger partial charge < -0.3 is 9.84 Å². The standard InChI is InChI=1S/C14H16N2O3/c1-9-4-5-13(19-3)11(6-9)12-7-10(8-17)14(18)16(2)15-12/h4-7,17H,8H2,1-3H3. The van der Waals surface area contributed by atoms with Crippen molar-refractivity contribution in [2.45, 2.75) is 13.5 Å². The number of benzene rings is 1. The second-order valence-electron chi connectivity index (χ2n) is 4.35. The van der Waals surface area contributed by atoms with Crippen molar-refractivity contribution < 1.29 is 9.84 Å². The van der Waals surface area contributed by atoms with Crippen molar-refractivity contribution in [1.82, 2.24) is 9.78 Å². The number of aliphatic hydroxyl groups is 1. The van der Waals surface area contributed by atoms with Gasteiger partial charge in [-0.15, -0.1) is 0 Å². The first-order chi connectivity index (χ1) is 9.06. The first-order valence-electron chi connectivity index (χ1n) is 5.90. The van der Waals surface area contributed by atoms with Crippen LogP contribution in [0.1, 0.15) is 11.1 Å². The lowest BCUT2D eigenvalue weighted by Crippen LogP contribution is -2.23. The van der Waals surface area contributed by atoms with Crippen LogP contribution in [0.2, 0.25) is 0 Å². The topological polar surface area (TPSA) is 64.3 Å². The van der Waals surface area contributed by atoms with Crippen molar-refractivity contribution in [1.29, 1.82) is 0 Å². The molecule has 0 fully saturated rings. The van der Waals surface area contributed by atoms with Gasteiger partial charge in [0.2, 0.25) is 0 Å². The van der Waals surface area contributed by atoms with E-state index in [0.717, 1.165) is 11.1 Å². The molecule has 0 saturated heterocycles. The number of nitrogens with zero attached hydrogens (tertiary/aromatic N) is 2. The second-order valence-corrected chi connectivity index (χ2v) is 4.35. The smallest absolute Gasteiger partial charge is 0.272 e. The number of hydrogen-bond acceptors (Lipinski definition) is 4. The van der Waals surface area contributed by atoms with Crippen LogP contribution in [0.4, 0.5) is 0 Å². The fourth-order valence-electron chi connectivity index (χ4n) is 1.94. The normalized spacial score (nSPS) is 10.5. The Morgan fingerprint density at radius 1 is 1.37 bits per heavy atom. The number of rotatable bonds is 3. The summed E-state index contributed by atoms with van der Waals surface area (Å²) in [6, 6.07) is 7.33. The molecule has 0 spiro atoms. The van der Waals surface area contributed by atoms with Crippen LogP contribution in [0.25, 0.3) is 11.3 Å². The van der Waals surface area contributed by atoms with E-state index in [-0.39, 0.29) is 12.2 Å². The van der Waals surface area contributed by atoms with Gasteiger partial charge in [-0.1, -0.05) is 11.6 Å². The molecule has 0 unspecified atom stereocenters. The molecule has 2 rings (SSSR count). The van der Waals surface area contributed by atoms with E-state index in [4.69, 9.17) is 4.74 Å². The summed E-state index contributed by atoms with van der Waals surface area (Å²) in [5.41, 5.74) is 2.49. The molecule has 0 saturated carbocycles. The lowest BCUT2D eigenvalue weighted by molar-refractivity contribution is 0.278. The zero-order chi connectivity index (χ0) is 14.0. The van der Waals surface area contributed by atoms with Gasteiger partial charge in [-0.05, 0) is 25.1 Å². The van der Waals surface area contributed by atoms with Gasteiger partial charge in [0.25, 0.3) is 5.56 Å². The minimum atomic E-state index is -0.309. The molecule has 1 heterocycles. The Balaban J connectivity index is 2.68. The predicted octanol–water partition coefficient (Wildman–Crippen LogP) is 1.26. The van der Waals surface area contributed by atoms with E-state index in [1.54, 1.807) is 20.2 Å². The molecule has 1 N–H and O–H groups in total. The third-order valence-electron chi connectivity index (χ3n) is 2.94. The minimum absolute atomic E-state index is 0.294. The monoisotopic (exact) mass is 260 g/mol. The summed E-state index contributed by atoms with van der Waals surface area (Å²) < 4.78 is 6.53. The van der Waals surface area contributed by atoms with E-state index >= 15 is 0 Å². The molecule has 5 heteroatoms. The van der Waals surface area contributed by atoms with Crippen LogP contribution >= 0.6 is 0 Å². The molecule has 0 bridgehead atoms. The molecule has 100 valence electrons. The highest BCUT2D eigenvalue weighted by Gasteiger charge is 2.11. The highest BCUT2D eigenvalue weighted by Crippen LogP contribution is 2.29. The number of hydrogen-bond donors (Lipinski definition) is 1. The third kappa shape index (κ3) is 2.51. The first-order valence-corrected chi connectivity index (χ1v) is 5.90. The summed E-state index contributed by atoms with van der Waals surface area (Å²) in [5.74, 6) is 0.681. The summed E-state index contributed by atoms with van der Waals surface area (Å²) in [7, 11) is 3.15. The van der Waals surface area contributed by atoms with Gasteiger partial charge >= 0.3 is 0 Å². The maximum Gasteiger partial charge on any atom is 0.272 e. The van der Waals surface area contributed by atoms with Gasteiger partial charge in [0, 0.05) is 18.2 Å². The van der Waals surface area contributed by atoms with E-state index in [1.807, 2.05) is 25.1 Å². The van der Waals surface area contributed by atoms with Crippen LogP contribution in [-0.2, 0) is 13.7 Å². The van der Waals surface area contributed by atoms with Crippen LogP contribution in [0.5, 0.6) is 5.75 Å². The van der Waals surface area contributed by atoms with Crippen LogP contribution in [0.15, 0.2) is 29.1 Å². The van der Waals surface area contributed by atoms with Crippen molar-refractivity contribution in [3.05, 3.63) is 45.7 Å². The molecule has 0 atom stereocenters. The summed E-state index contributed by atoms with van der Waals surface area (Å²) >= 11 is 0. The van der Waals surface area contributed by atoms with Gasteiger partial charge in [-0.25, -0.2) is 4.68 Å². The van der Waals surface area contributed by atoms with Crippen LogP contribution in [0, 0.1) is 6.92 Å². The maximum absolute atomic E-state index is 11.7. The Hall–Kier alpha value is -2.14. The van der Waals surface area contributed by atoms with Gasteiger partial charge in [0.15, 0.2) is 0 Å². The average Bonchev–Trinajstić information content (AvgIpc) is 2.41. The number of ether oxygens (including phenoxy) is 1. The zero-order valence-electron chi connectivity index (χ0n) is 11.2. The van der Waals surface area contributed by atoms with Gasteiger partial charge in [0.1, 0.15) is 5.75 Å². The van der Waals surface area contributed by atoms with E-state index in [2.05, 4.69) is 5.10 Å². The number of aryl methyl sites for hydroxylation is 2. The molecule has 5 nitrogen and oxygen atoms in total. The lowest BCUT2D eigenvalue weighted by atomic mass is 10.1. The highest BCUT2D eigenvalue weighted by molar-refractivity contribution is 5.68.